The van der Waals surface area contributed by atoms with Gasteiger partial charge in [0.1, 0.15) is 5.65 Å². The van der Waals surface area contributed by atoms with Crippen molar-refractivity contribution in [2.75, 3.05) is 0 Å². The fraction of sp³-hybridized carbons (Fsp3) is 0. The number of imidazole rings is 1. The van der Waals surface area contributed by atoms with Crippen molar-refractivity contribution in [1.82, 2.24) is 18.9 Å². The van der Waals surface area contributed by atoms with E-state index in [1.807, 2.05) is 24.8 Å². The molecule has 0 aliphatic carbocycles. The van der Waals surface area contributed by atoms with Crippen LogP contribution >= 0.6 is 0 Å². The molecular formula is C26H16N4. The van der Waals surface area contributed by atoms with Gasteiger partial charge < -0.3 is 4.57 Å². The molecule has 30 heavy (non-hydrogen) atoms. The summed E-state index contributed by atoms with van der Waals surface area (Å²) in [5.41, 5.74) is 5.65. The Morgan fingerprint density at radius 2 is 1.43 bits per heavy atom. The van der Waals surface area contributed by atoms with Crippen LogP contribution in [0.25, 0.3) is 54.8 Å². The molecule has 0 atom stereocenters. The van der Waals surface area contributed by atoms with E-state index in [0.717, 1.165) is 27.6 Å². The molecule has 0 spiro atoms. The minimum Gasteiger partial charge on any atom is -0.309 e. The fourth-order valence-corrected chi connectivity index (χ4v) is 4.78. The van der Waals surface area contributed by atoms with Crippen molar-refractivity contribution >= 4 is 49.1 Å². The van der Waals surface area contributed by atoms with E-state index in [9.17, 15) is 0 Å². The SMILES string of the molecule is c1ccc(-n2c3ccccc3c3cc4c5cnccc5c5nccn5c4cc32)cc1. The molecule has 4 heteroatoms. The highest BCUT2D eigenvalue weighted by molar-refractivity contribution is 6.19. The molecule has 7 aromatic rings. The summed E-state index contributed by atoms with van der Waals surface area (Å²) in [5, 5.41) is 5.93. The van der Waals surface area contributed by atoms with Crippen LogP contribution < -0.4 is 0 Å². The van der Waals surface area contributed by atoms with Gasteiger partial charge in [-0.3, -0.25) is 9.38 Å². The molecule has 140 valence electrons. The van der Waals surface area contributed by atoms with Crippen LogP contribution in [0.15, 0.2) is 97.6 Å². The molecule has 0 saturated carbocycles. The molecule has 0 fully saturated rings. The van der Waals surface area contributed by atoms with Gasteiger partial charge in [-0.15, -0.1) is 0 Å². The van der Waals surface area contributed by atoms with E-state index < -0.39 is 0 Å². The van der Waals surface area contributed by atoms with Gasteiger partial charge in [0.2, 0.25) is 0 Å². The van der Waals surface area contributed by atoms with Crippen LogP contribution in [-0.2, 0) is 0 Å². The van der Waals surface area contributed by atoms with Crippen molar-refractivity contribution in [3.63, 3.8) is 0 Å². The Bertz CT molecular complexity index is 1740. The Morgan fingerprint density at radius 1 is 0.600 bits per heavy atom. The molecule has 4 nitrogen and oxygen atoms in total. The lowest BCUT2D eigenvalue weighted by Crippen LogP contribution is -1.95. The van der Waals surface area contributed by atoms with Crippen molar-refractivity contribution in [1.29, 1.82) is 0 Å². The Hall–Kier alpha value is -4.18. The van der Waals surface area contributed by atoms with Gasteiger partial charge in [-0.2, -0.15) is 0 Å². The van der Waals surface area contributed by atoms with Crippen LogP contribution in [0.2, 0.25) is 0 Å². The van der Waals surface area contributed by atoms with E-state index in [1.165, 1.54) is 27.2 Å². The number of aromatic nitrogens is 4. The van der Waals surface area contributed by atoms with Gasteiger partial charge in [-0.05, 0) is 36.4 Å². The summed E-state index contributed by atoms with van der Waals surface area (Å²) in [4.78, 5) is 9.04. The van der Waals surface area contributed by atoms with E-state index >= 15 is 0 Å². The second kappa shape index (κ2) is 5.67. The smallest absolute Gasteiger partial charge is 0.145 e. The number of hydrogen-bond acceptors (Lipinski definition) is 2. The maximum atomic E-state index is 4.63. The molecule has 0 unspecified atom stereocenters. The molecule has 0 bridgehead atoms. The second-order valence-corrected chi connectivity index (χ2v) is 7.62. The number of para-hydroxylation sites is 2. The summed E-state index contributed by atoms with van der Waals surface area (Å²) < 4.78 is 4.53. The van der Waals surface area contributed by atoms with E-state index in [0.29, 0.717) is 0 Å². The molecule has 0 aliphatic heterocycles. The molecule has 4 heterocycles. The van der Waals surface area contributed by atoms with Crippen LogP contribution in [0, 0.1) is 0 Å². The first-order chi connectivity index (χ1) is 14.9. The average Bonchev–Trinajstić information content (AvgIpc) is 3.42. The van der Waals surface area contributed by atoms with E-state index in [1.54, 1.807) is 0 Å². The first-order valence-corrected chi connectivity index (χ1v) is 10.0. The highest BCUT2D eigenvalue weighted by atomic mass is 15.0. The summed E-state index contributed by atoms with van der Waals surface area (Å²) in [6.45, 7) is 0. The number of hydrogen-bond donors (Lipinski definition) is 0. The molecular weight excluding hydrogens is 368 g/mol. The summed E-state index contributed by atoms with van der Waals surface area (Å²) in [5.74, 6) is 0. The maximum Gasteiger partial charge on any atom is 0.145 e. The molecule has 0 N–H and O–H groups in total. The standard InChI is InChI=1S/C26H16N4/c1-2-6-17(7-3-1)30-23-9-5-4-8-18(23)20-14-21-22-16-27-11-10-19(22)26-28-12-13-29(26)24(21)15-25(20)30/h1-16H. The van der Waals surface area contributed by atoms with Crippen LogP contribution in [-0.4, -0.2) is 18.9 Å². The largest absolute Gasteiger partial charge is 0.309 e. The zero-order valence-corrected chi connectivity index (χ0v) is 16.0. The van der Waals surface area contributed by atoms with Gasteiger partial charge in [-0.25, -0.2) is 4.98 Å². The van der Waals surface area contributed by atoms with Gasteiger partial charge in [0.15, 0.2) is 0 Å². The van der Waals surface area contributed by atoms with Crippen molar-refractivity contribution in [2.45, 2.75) is 0 Å². The first-order valence-electron chi connectivity index (χ1n) is 10.0. The second-order valence-electron chi connectivity index (χ2n) is 7.62. The van der Waals surface area contributed by atoms with Crippen molar-refractivity contribution < 1.29 is 0 Å². The molecule has 3 aromatic carbocycles. The van der Waals surface area contributed by atoms with Gasteiger partial charge in [0, 0.05) is 57.4 Å². The molecule has 7 rings (SSSR count). The van der Waals surface area contributed by atoms with Crippen molar-refractivity contribution in [2.24, 2.45) is 0 Å². The third kappa shape index (κ3) is 1.95. The van der Waals surface area contributed by atoms with Crippen molar-refractivity contribution in [3.05, 3.63) is 97.6 Å². The minimum atomic E-state index is 0.960. The molecule has 0 saturated heterocycles. The Labute approximate surface area is 171 Å². The van der Waals surface area contributed by atoms with Crippen LogP contribution in [0.1, 0.15) is 0 Å². The van der Waals surface area contributed by atoms with Crippen LogP contribution in [0.5, 0.6) is 0 Å². The molecule has 0 radical (unpaired) electrons. The lowest BCUT2D eigenvalue weighted by Gasteiger charge is -2.11. The number of pyridine rings is 2. The lowest BCUT2D eigenvalue weighted by molar-refractivity contribution is 1.18. The average molecular weight is 384 g/mol. The summed E-state index contributed by atoms with van der Waals surface area (Å²) >= 11 is 0. The Balaban J connectivity index is 1.77. The van der Waals surface area contributed by atoms with Gasteiger partial charge in [0.25, 0.3) is 0 Å². The molecule has 4 aromatic heterocycles. The number of benzene rings is 3. The van der Waals surface area contributed by atoms with Crippen LogP contribution in [0.3, 0.4) is 0 Å². The predicted molar refractivity (Wildman–Crippen MR) is 122 cm³/mol. The zero-order valence-electron chi connectivity index (χ0n) is 16.0. The lowest BCUT2D eigenvalue weighted by atomic mass is 10.0. The van der Waals surface area contributed by atoms with E-state index in [2.05, 4.69) is 91.7 Å². The minimum absolute atomic E-state index is 0.960. The molecule has 0 aliphatic rings. The van der Waals surface area contributed by atoms with E-state index in [4.69, 9.17) is 0 Å². The van der Waals surface area contributed by atoms with Crippen LogP contribution in [0.4, 0.5) is 0 Å². The number of fused-ring (bicyclic) bond motifs is 9. The first kappa shape index (κ1) is 15.7. The summed E-state index contributed by atoms with van der Waals surface area (Å²) in [6.07, 6.45) is 7.70. The monoisotopic (exact) mass is 384 g/mol. The highest BCUT2D eigenvalue weighted by Gasteiger charge is 2.16. The zero-order chi connectivity index (χ0) is 19.7. The molecule has 0 amide bonds. The third-order valence-electron chi connectivity index (χ3n) is 6.06. The Kier molecular flexibility index (Phi) is 2.97. The summed E-state index contributed by atoms with van der Waals surface area (Å²) in [6, 6.07) is 25.8. The normalized spacial score (nSPS) is 12.0. The van der Waals surface area contributed by atoms with Gasteiger partial charge in [-0.1, -0.05) is 36.4 Å². The number of nitrogens with zero attached hydrogens (tertiary/aromatic N) is 4. The maximum absolute atomic E-state index is 4.63. The van der Waals surface area contributed by atoms with Gasteiger partial charge >= 0.3 is 0 Å². The highest BCUT2D eigenvalue weighted by Crippen LogP contribution is 2.37. The number of rotatable bonds is 1. The third-order valence-corrected chi connectivity index (χ3v) is 6.06. The summed E-state index contributed by atoms with van der Waals surface area (Å²) in [7, 11) is 0. The topological polar surface area (TPSA) is 35.1 Å². The quantitative estimate of drug-likeness (QED) is 0.319. The van der Waals surface area contributed by atoms with Gasteiger partial charge in [0.05, 0.1) is 16.6 Å². The predicted octanol–water partition coefficient (Wildman–Crippen LogP) is 6.13. The van der Waals surface area contributed by atoms with E-state index in [-0.39, 0.29) is 0 Å². The Morgan fingerprint density at radius 3 is 2.37 bits per heavy atom. The van der Waals surface area contributed by atoms with Crippen molar-refractivity contribution in [3.8, 4) is 5.69 Å². The fourth-order valence-electron chi connectivity index (χ4n) is 4.78.